The van der Waals surface area contributed by atoms with Gasteiger partial charge in [-0.1, -0.05) is 60.3 Å². The maximum absolute atomic E-state index is 13.4. The first-order valence-corrected chi connectivity index (χ1v) is 12.1. The van der Waals surface area contributed by atoms with E-state index in [1.165, 1.54) is 23.1 Å². The molecule has 0 radical (unpaired) electrons. The molecule has 0 saturated carbocycles. The van der Waals surface area contributed by atoms with E-state index < -0.39 is 0 Å². The second-order valence-corrected chi connectivity index (χ2v) is 8.80. The Balaban J connectivity index is 1.68. The van der Waals surface area contributed by atoms with Crippen molar-refractivity contribution in [3.63, 3.8) is 0 Å². The van der Waals surface area contributed by atoms with Crippen LogP contribution in [0.5, 0.6) is 0 Å². The van der Waals surface area contributed by atoms with Crippen LogP contribution in [0.1, 0.15) is 22.8 Å². The third-order valence-electron chi connectivity index (χ3n) is 4.86. The number of esters is 1. The number of hydrogen-bond donors (Lipinski definition) is 0. The number of ether oxygens (including phenoxy) is 1. The Morgan fingerprint density at radius 2 is 2.03 bits per heavy atom. The van der Waals surface area contributed by atoms with Crippen molar-refractivity contribution in [2.24, 2.45) is 0 Å². The number of carbonyl (C=O) groups excluding carboxylic acids is 1. The van der Waals surface area contributed by atoms with Gasteiger partial charge in [0.25, 0.3) is 5.56 Å². The molecule has 0 bridgehead atoms. The highest BCUT2D eigenvalue weighted by Gasteiger charge is 2.17. The molecule has 2 heterocycles. The normalized spacial score (nSPS) is 10.9. The zero-order valence-corrected chi connectivity index (χ0v) is 19.2. The van der Waals surface area contributed by atoms with Crippen molar-refractivity contribution >= 4 is 39.3 Å². The molecule has 162 valence electrons. The number of carbonyl (C=O) groups is 1. The summed E-state index contributed by atoms with van der Waals surface area (Å²) in [7, 11) is 0. The highest BCUT2D eigenvalue weighted by atomic mass is 32.2. The molecule has 0 N–H and O–H groups in total. The van der Waals surface area contributed by atoms with E-state index >= 15 is 0 Å². The second kappa shape index (κ2) is 9.97. The number of allylic oxidation sites excluding steroid dienone is 1. The summed E-state index contributed by atoms with van der Waals surface area (Å²) in [6, 6.07) is 17.2. The minimum absolute atomic E-state index is 0.0715. The number of thiophene rings is 1. The number of aromatic nitrogens is 2. The molecule has 5 nitrogen and oxygen atoms in total. The smallest absolute Gasteiger partial charge is 0.338 e. The van der Waals surface area contributed by atoms with Gasteiger partial charge in [-0.3, -0.25) is 9.36 Å². The lowest BCUT2D eigenvalue weighted by atomic mass is 10.1. The van der Waals surface area contributed by atoms with Crippen LogP contribution < -0.4 is 5.56 Å². The molecule has 32 heavy (non-hydrogen) atoms. The van der Waals surface area contributed by atoms with Crippen LogP contribution in [0.15, 0.2) is 82.6 Å². The summed E-state index contributed by atoms with van der Waals surface area (Å²) in [5, 5.41) is 3.26. The van der Waals surface area contributed by atoms with Crippen LogP contribution >= 0.6 is 23.1 Å². The van der Waals surface area contributed by atoms with Gasteiger partial charge in [-0.05, 0) is 30.2 Å². The second-order valence-electron chi connectivity index (χ2n) is 7.00. The molecule has 0 aliphatic carbocycles. The number of hydrogen-bond acceptors (Lipinski definition) is 6. The highest BCUT2D eigenvalue weighted by Crippen LogP contribution is 2.32. The topological polar surface area (TPSA) is 61.2 Å². The van der Waals surface area contributed by atoms with Crippen LogP contribution in [0, 0.1) is 0 Å². The SMILES string of the molecule is C=CCn1c(SCc2cccc(C(=O)OCC)c2)nc2scc(-c3ccccc3)c2c1=O. The summed E-state index contributed by atoms with van der Waals surface area (Å²) < 4.78 is 6.75. The predicted octanol–water partition coefficient (Wildman–Crippen LogP) is 5.78. The van der Waals surface area contributed by atoms with E-state index in [0.717, 1.165) is 21.5 Å². The number of rotatable bonds is 8. The fraction of sp³-hybridized carbons (Fsp3) is 0.160. The van der Waals surface area contributed by atoms with Crippen LogP contribution in [0.2, 0.25) is 0 Å². The first-order chi connectivity index (χ1) is 15.6. The van der Waals surface area contributed by atoms with Crippen molar-refractivity contribution in [1.29, 1.82) is 0 Å². The molecule has 0 aliphatic heterocycles. The minimum Gasteiger partial charge on any atom is -0.462 e. The Kier molecular flexibility index (Phi) is 6.87. The Morgan fingerprint density at radius 1 is 1.22 bits per heavy atom. The van der Waals surface area contributed by atoms with Crippen LogP contribution in [-0.2, 0) is 17.0 Å². The van der Waals surface area contributed by atoms with E-state index in [4.69, 9.17) is 9.72 Å². The van der Waals surface area contributed by atoms with Gasteiger partial charge in [0.05, 0.1) is 17.6 Å². The first kappa shape index (κ1) is 22.0. The van der Waals surface area contributed by atoms with Crippen molar-refractivity contribution in [2.75, 3.05) is 6.61 Å². The molecule has 7 heteroatoms. The van der Waals surface area contributed by atoms with Gasteiger partial charge in [-0.15, -0.1) is 17.9 Å². The minimum atomic E-state index is -0.338. The summed E-state index contributed by atoms with van der Waals surface area (Å²) in [4.78, 5) is 31.0. The summed E-state index contributed by atoms with van der Waals surface area (Å²) in [5.41, 5.74) is 3.30. The van der Waals surface area contributed by atoms with E-state index in [2.05, 4.69) is 6.58 Å². The van der Waals surface area contributed by atoms with Gasteiger partial charge in [0.1, 0.15) is 4.83 Å². The first-order valence-electron chi connectivity index (χ1n) is 10.2. The maximum atomic E-state index is 13.4. The molecule has 4 rings (SSSR count). The molecule has 0 amide bonds. The maximum Gasteiger partial charge on any atom is 0.338 e. The average Bonchev–Trinajstić information content (AvgIpc) is 3.25. The van der Waals surface area contributed by atoms with Gasteiger partial charge in [-0.2, -0.15) is 0 Å². The highest BCUT2D eigenvalue weighted by molar-refractivity contribution is 7.98. The molecular formula is C25H22N2O3S2. The molecular weight excluding hydrogens is 440 g/mol. The molecule has 2 aromatic carbocycles. The van der Waals surface area contributed by atoms with E-state index in [9.17, 15) is 9.59 Å². The van der Waals surface area contributed by atoms with E-state index in [0.29, 0.717) is 35.0 Å². The van der Waals surface area contributed by atoms with Crippen LogP contribution in [0.25, 0.3) is 21.3 Å². The monoisotopic (exact) mass is 462 g/mol. The average molecular weight is 463 g/mol. The molecule has 0 spiro atoms. The van der Waals surface area contributed by atoms with Crippen molar-refractivity contribution in [3.8, 4) is 11.1 Å². The summed E-state index contributed by atoms with van der Waals surface area (Å²) in [6.45, 7) is 6.30. The number of thioether (sulfide) groups is 1. The van der Waals surface area contributed by atoms with Crippen LogP contribution in [-0.4, -0.2) is 22.1 Å². The van der Waals surface area contributed by atoms with Crippen molar-refractivity contribution in [1.82, 2.24) is 9.55 Å². The molecule has 4 aromatic rings. The van der Waals surface area contributed by atoms with Crippen LogP contribution in [0.4, 0.5) is 0 Å². The summed E-state index contributed by atoms with van der Waals surface area (Å²) >= 11 is 2.94. The van der Waals surface area contributed by atoms with Gasteiger partial charge in [0, 0.05) is 23.2 Å². The van der Waals surface area contributed by atoms with Crippen molar-refractivity contribution in [2.45, 2.75) is 24.4 Å². The lowest BCUT2D eigenvalue weighted by Crippen LogP contribution is -2.22. The fourth-order valence-electron chi connectivity index (χ4n) is 3.39. The Bertz CT molecular complexity index is 1330. The van der Waals surface area contributed by atoms with Gasteiger partial charge in [0.15, 0.2) is 5.16 Å². The van der Waals surface area contributed by atoms with Gasteiger partial charge in [-0.25, -0.2) is 9.78 Å². The van der Waals surface area contributed by atoms with Crippen molar-refractivity contribution < 1.29 is 9.53 Å². The van der Waals surface area contributed by atoms with E-state index in [1.807, 2.05) is 53.9 Å². The Labute approximate surface area is 194 Å². The lowest BCUT2D eigenvalue weighted by Gasteiger charge is -2.11. The summed E-state index contributed by atoms with van der Waals surface area (Å²) in [5.74, 6) is 0.230. The fourth-order valence-corrected chi connectivity index (χ4v) is 5.33. The molecule has 2 aromatic heterocycles. The quantitative estimate of drug-likeness (QED) is 0.144. The number of fused-ring (bicyclic) bond motifs is 1. The third kappa shape index (κ3) is 4.54. The summed E-state index contributed by atoms with van der Waals surface area (Å²) in [6.07, 6.45) is 1.70. The van der Waals surface area contributed by atoms with E-state index in [1.54, 1.807) is 23.6 Å². The predicted molar refractivity (Wildman–Crippen MR) is 131 cm³/mol. The van der Waals surface area contributed by atoms with Gasteiger partial charge >= 0.3 is 5.97 Å². The molecule has 0 unspecified atom stereocenters. The standard InChI is InChI=1S/C25H22N2O3S2/c1-3-13-27-23(28)21-20(18-10-6-5-7-11-18)16-31-22(21)26-25(27)32-15-17-9-8-12-19(14-17)24(29)30-4-2/h3,5-12,14,16H,1,4,13,15H2,2H3. The zero-order chi connectivity index (χ0) is 22.5. The largest absolute Gasteiger partial charge is 0.462 e. The van der Waals surface area contributed by atoms with Gasteiger partial charge in [0.2, 0.25) is 0 Å². The van der Waals surface area contributed by atoms with Crippen molar-refractivity contribution in [3.05, 3.63) is 94.1 Å². The Morgan fingerprint density at radius 3 is 2.78 bits per heavy atom. The Hall–Kier alpha value is -3.16. The van der Waals surface area contributed by atoms with Crippen LogP contribution in [0.3, 0.4) is 0 Å². The number of benzene rings is 2. The number of nitrogens with zero attached hydrogens (tertiary/aromatic N) is 2. The van der Waals surface area contributed by atoms with E-state index in [-0.39, 0.29) is 11.5 Å². The van der Waals surface area contributed by atoms with Gasteiger partial charge < -0.3 is 4.74 Å². The third-order valence-corrected chi connectivity index (χ3v) is 6.78. The molecule has 0 aliphatic rings. The molecule has 0 saturated heterocycles. The molecule has 0 atom stereocenters. The molecule has 0 fully saturated rings. The zero-order valence-electron chi connectivity index (χ0n) is 17.6. The lowest BCUT2D eigenvalue weighted by molar-refractivity contribution is 0.0526.